The van der Waals surface area contributed by atoms with Crippen molar-refractivity contribution in [1.29, 1.82) is 0 Å². The zero-order valence-electron chi connectivity index (χ0n) is 12.5. The SMILES string of the molecule is CN(C)c1nccnc1C1CCN(c2ncccn2)CC1. The summed E-state index contributed by atoms with van der Waals surface area (Å²) < 4.78 is 0. The molecule has 3 rings (SSSR count). The van der Waals surface area contributed by atoms with Gasteiger partial charge in [-0.15, -0.1) is 0 Å². The van der Waals surface area contributed by atoms with E-state index in [4.69, 9.17) is 0 Å². The summed E-state index contributed by atoms with van der Waals surface area (Å²) in [5.41, 5.74) is 1.11. The molecule has 2 aromatic rings. The molecule has 0 aromatic carbocycles. The average molecular weight is 284 g/mol. The third kappa shape index (κ3) is 2.94. The largest absolute Gasteiger partial charge is 0.361 e. The first-order chi connectivity index (χ1) is 10.3. The van der Waals surface area contributed by atoms with Crippen molar-refractivity contribution < 1.29 is 0 Å². The highest BCUT2D eigenvalue weighted by molar-refractivity contribution is 5.44. The Balaban J connectivity index is 1.72. The van der Waals surface area contributed by atoms with Gasteiger partial charge in [-0.1, -0.05) is 0 Å². The van der Waals surface area contributed by atoms with Crippen LogP contribution in [-0.4, -0.2) is 47.1 Å². The minimum atomic E-state index is 0.455. The van der Waals surface area contributed by atoms with E-state index in [1.54, 1.807) is 24.8 Å². The summed E-state index contributed by atoms with van der Waals surface area (Å²) in [5.74, 6) is 2.26. The van der Waals surface area contributed by atoms with Gasteiger partial charge in [-0.2, -0.15) is 0 Å². The number of hydrogen-bond donors (Lipinski definition) is 0. The molecule has 21 heavy (non-hydrogen) atoms. The monoisotopic (exact) mass is 284 g/mol. The van der Waals surface area contributed by atoms with E-state index in [2.05, 4.69) is 24.8 Å². The van der Waals surface area contributed by atoms with Gasteiger partial charge in [0.2, 0.25) is 5.95 Å². The van der Waals surface area contributed by atoms with Gasteiger partial charge in [-0.05, 0) is 18.9 Å². The maximum Gasteiger partial charge on any atom is 0.225 e. The molecule has 3 heterocycles. The lowest BCUT2D eigenvalue weighted by molar-refractivity contribution is 0.489. The van der Waals surface area contributed by atoms with Crippen LogP contribution >= 0.6 is 0 Å². The van der Waals surface area contributed by atoms with Gasteiger partial charge in [0.15, 0.2) is 0 Å². The second-order valence-corrected chi connectivity index (χ2v) is 5.47. The molecule has 0 saturated carbocycles. The Hall–Kier alpha value is -2.24. The van der Waals surface area contributed by atoms with Crippen molar-refractivity contribution in [2.45, 2.75) is 18.8 Å². The summed E-state index contributed by atoms with van der Waals surface area (Å²) in [6, 6.07) is 1.85. The maximum atomic E-state index is 4.57. The third-order valence-corrected chi connectivity index (χ3v) is 3.85. The molecule has 0 N–H and O–H groups in total. The molecule has 110 valence electrons. The molecule has 0 aliphatic carbocycles. The second kappa shape index (κ2) is 6.03. The van der Waals surface area contributed by atoms with Crippen molar-refractivity contribution in [2.24, 2.45) is 0 Å². The molecular weight excluding hydrogens is 264 g/mol. The molecule has 0 unspecified atom stereocenters. The summed E-state index contributed by atoms with van der Waals surface area (Å²) in [4.78, 5) is 21.9. The van der Waals surface area contributed by atoms with Crippen LogP contribution in [0.4, 0.5) is 11.8 Å². The van der Waals surface area contributed by atoms with Crippen LogP contribution in [0.5, 0.6) is 0 Å². The standard InChI is InChI=1S/C15H20N6/c1-20(2)14-13(16-8-9-17-14)12-4-10-21(11-5-12)15-18-6-3-7-19-15/h3,6-9,12H,4-5,10-11H2,1-2H3. The van der Waals surface area contributed by atoms with Crippen molar-refractivity contribution in [2.75, 3.05) is 37.0 Å². The number of nitrogens with zero attached hydrogens (tertiary/aromatic N) is 6. The van der Waals surface area contributed by atoms with Gasteiger partial charge in [0.25, 0.3) is 0 Å². The van der Waals surface area contributed by atoms with E-state index in [0.29, 0.717) is 5.92 Å². The Labute approximate surface area is 124 Å². The van der Waals surface area contributed by atoms with E-state index >= 15 is 0 Å². The number of hydrogen-bond acceptors (Lipinski definition) is 6. The Bertz CT molecular complexity index is 578. The first kappa shape index (κ1) is 13.7. The van der Waals surface area contributed by atoms with Gasteiger partial charge in [0.05, 0.1) is 5.69 Å². The summed E-state index contributed by atoms with van der Waals surface area (Å²) in [5, 5.41) is 0. The molecule has 0 atom stereocenters. The summed E-state index contributed by atoms with van der Waals surface area (Å²) in [6.45, 7) is 1.91. The van der Waals surface area contributed by atoms with Crippen molar-refractivity contribution in [3.63, 3.8) is 0 Å². The van der Waals surface area contributed by atoms with E-state index in [1.807, 2.05) is 25.1 Å². The Morgan fingerprint density at radius 2 is 1.62 bits per heavy atom. The van der Waals surface area contributed by atoms with Crippen LogP contribution < -0.4 is 9.80 Å². The quantitative estimate of drug-likeness (QED) is 0.855. The van der Waals surface area contributed by atoms with Gasteiger partial charge in [-0.3, -0.25) is 4.98 Å². The smallest absolute Gasteiger partial charge is 0.225 e. The zero-order chi connectivity index (χ0) is 14.7. The fourth-order valence-electron chi connectivity index (χ4n) is 2.78. The topological polar surface area (TPSA) is 58.0 Å². The molecule has 6 nitrogen and oxygen atoms in total. The maximum absolute atomic E-state index is 4.57. The fourth-order valence-corrected chi connectivity index (χ4v) is 2.78. The summed E-state index contributed by atoms with van der Waals surface area (Å²) in [7, 11) is 4.03. The van der Waals surface area contributed by atoms with E-state index in [-0.39, 0.29) is 0 Å². The van der Waals surface area contributed by atoms with Crippen LogP contribution in [0, 0.1) is 0 Å². The van der Waals surface area contributed by atoms with Crippen LogP contribution in [0.25, 0.3) is 0 Å². The van der Waals surface area contributed by atoms with Crippen LogP contribution in [0.1, 0.15) is 24.5 Å². The van der Waals surface area contributed by atoms with E-state index < -0.39 is 0 Å². The third-order valence-electron chi connectivity index (χ3n) is 3.85. The number of aromatic nitrogens is 4. The Morgan fingerprint density at radius 3 is 2.29 bits per heavy atom. The van der Waals surface area contributed by atoms with Gasteiger partial charge in [0.1, 0.15) is 5.82 Å². The van der Waals surface area contributed by atoms with Gasteiger partial charge >= 0.3 is 0 Å². The van der Waals surface area contributed by atoms with Crippen molar-refractivity contribution in [3.8, 4) is 0 Å². The summed E-state index contributed by atoms with van der Waals surface area (Å²) in [6.07, 6.45) is 9.23. The highest BCUT2D eigenvalue weighted by Crippen LogP contribution is 2.31. The number of rotatable bonds is 3. The van der Waals surface area contributed by atoms with Gasteiger partial charge < -0.3 is 9.80 Å². The predicted molar refractivity (Wildman–Crippen MR) is 82.6 cm³/mol. The van der Waals surface area contributed by atoms with Crippen molar-refractivity contribution >= 4 is 11.8 Å². The Morgan fingerprint density at radius 1 is 0.952 bits per heavy atom. The van der Waals surface area contributed by atoms with E-state index in [9.17, 15) is 0 Å². The van der Waals surface area contributed by atoms with Crippen LogP contribution in [0.3, 0.4) is 0 Å². The number of anilines is 2. The molecule has 0 amide bonds. The van der Waals surface area contributed by atoms with Crippen LogP contribution in [0.15, 0.2) is 30.9 Å². The van der Waals surface area contributed by atoms with Crippen molar-refractivity contribution in [3.05, 3.63) is 36.5 Å². The molecule has 0 spiro atoms. The highest BCUT2D eigenvalue weighted by Gasteiger charge is 2.25. The minimum absolute atomic E-state index is 0.455. The fraction of sp³-hybridized carbons (Fsp3) is 0.467. The molecule has 1 fully saturated rings. The zero-order valence-corrected chi connectivity index (χ0v) is 12.5. The molecule has 0 radical (unpaired) electrons. The van der Waals surface area contributed by atoms with Crippen LogP contribution in [-0.2, 0) is 0 Å². The van der Waals surface area contributed by atoms with Crippen LogP contribution in [0.2, 0.25) is 0 Å². The molecule has 0 bridgehead atoms. The normalized spacial score (nSPS) is 16.0. The first-order valence-electron chi connectivity index (χ1n) is 7.26. The van der Waals surface area contributed by atoms with Crippen molar-refractivity contribution in [1.82, 2.24) is 19.9 Å². The highest BCUT2D eigenvalue weighted by atomic mass is 15.2. The molecule has 2 aromatic heterocycles. The molecule has 1 saturated heterocycles. The molecule has 1 aliphatic heterocycles. The first-order valence-corrected chi connectivity index (χ1v) is 7.26. The molecule has 1 aliphatic rings. The minimum Gasteiger partial charge on any atom is -0.361 e. The lowest BCUT2D eigenvalue weighted by Crippen LogP contribution is -2.34. The molecular formula is C15H20N6. The Kier molecular flexibility index (Phi) is 3.94. The summed E-state index contributed by atoms with van der Waals surface area (Å²) >= 11 is 0. The predicted octanol–water partition coefficient (Wildman–Crippen LogP) is 1.72. The number of piperidine rings is 1. The average Bonchev–Trinajstić information content (AvgIpc) is 2.56. The lowest BCUT2D eigenvalue weighted by Gasteiger charge is -2.32. The molecule has 6 heteroatoms. The van der Waals surface area contributed by atoms with Gasteiger partial charge in [0, 0.05) is 57.9 Å². The lowest BCUT2D eigenvalue weighted by atomic mass is 9.93. The van der Waals surface area contributed by atoms with E-state index in [1.165, 1.54) is 0 Å². The van der Waals surface area contributed by atoms with Gasteiger partial charge in [-0.25, -0.2) is 15.0 Å². The van der Waals surface area contributed by atoms with E-state index in [0.717, 1.165) is 43.4 Å². The second-order valence-electron chi connectivity index (χ2n) is 5.47.